The predicted octanol–water partition coefficient (Wildman–Crippen LogP) is 2.32. The minimum Gasteiger partial charge on any atom is -0.497 e. The van der Waals surface area contributed by atoms with Gasteiger partial charge in [-0.3, -0.25) is 4.79 Å². The van der Waals surface area contributed by atoms with Crippen molar-refractivity contribution in [3.8, 4) is 5.75 Å². The van der Waals surface area contributed by atoms with Crippen LogP contribution in [-0.4, -0.2) is 61.8 Å². The second kappa shape index (κ2) is 7.29. The average molecular weight is 399 g/mol. The van der Waals surface area contributed by atoms with E-state index in [-0.39, 0.29) is 23.9 Å². The summed E-state index contributed by atoms with van der Waals surface area (Å²) in [6.45, 7) is 1.25. The molecule has 0 spiro atoms. The number of methoxy groups -OCH3 is 1. The summed E-state index contributed by atoms with van der Waals surface area (Å²) in [4.78, 5) is 17.9. The number of carbonyl (C=O) groups excluding carboxylic acids is 1. The van der Waals surface area contributed by atoms with E-state index in [2.05, 4.69) is 4.98 Å². The van der Waals surface area contributed by atoms with E-state index in [1.54, 1.807) is 42.3 Å². The molecule has 0 saturated carbocycles. The largest absolute Gasteiger partial charge is 0.497 e. The van der Waals surface area contributed by atoms with Crippen molar-refractivity contribution in [1.29, 1.82) is 0 Å². The molecule has 0 unspecified atom stereocenters. The molecule has 3 aromatic rings. The van der Waals surface area contributed by atoms with E-state index in [9.17, 15) is 13.2 Å². The second-order valence-corrected chi connectivity index (χ2v) is 8.58. The third kappa shape index (κ3) is 3.36. The molecule has 0 aliphatic carbocycles. The smallest absolute Gasteiger partial charge is 0.270 e. The standard InChI is InChI=1S/C20H21N3O4S/c1-27-16-8-7-15-13-19(21-18(15)14-16)20(24)22-9-11-23(12-10-22)28(25,26)17-5-3-2-4-6-17/h2-8,13-14,21H,9-12H2,1H3. The Balaban J connectivity index is 1.47. The Hall–Kier alpha value is -2.84. The topological polar surface area (TPSA) is 82.7 Å². The maximum absolute atomic E-state index is 12.8. The predicted molar refractivity (Wildman–Crippen MR) is 106 cm³/mol. The number of piperazine rings is 1. The van der Waals surface area contributed by atoms with Gasteiger partial charge >= 0.3 is 0 Å². The molecule has 1 aromatic heterocycles. The summed E-state index contributed by atoms with van der Waals surface area (Å²) in [5.74, 6) is 0.583. The highest BCUT2D eigenvalue weighted by Crippen LogP contribution is 2.23. The van der Waals surface area contributed by atoms with Crippen molar-refractivity contribution >= 4 is 26.8 Å². The first-order valence-corrected chi connectivity index (χ1v) is 10.4. The van der Waals surface area contributed by atoms with Crippen molar-refractivity contribution in [3.05, 3.63) is 60.3 Å². The van der Waals surface area contributed by atoms with E-state index < -0.39 is 10.0 Å². The van der Waals surface area contributed by atoms with E-state index in [4.69, 9.17) is 4.74 Å². The number of aromatic amines is 1. The number of aromatic nitrogens is 1. The molecule has 7 nitrogen and oxygen atoms in total. The minimum absolute atomic E-state index is 0.132. The van der Waals surface area contributed by atoms with E-state index >= 15 is 0 Å². The molecule has 0 atom stereocenters. The maximum Gasteiger partial charge on any atom is 0.270 e. The van der Waals surface area contributed by atoms with E-state index in [0.717, 1.165) is 10.9 Å². The quantitative estimate of drug-likeness (QED) is 0.730. The number of hydrogen-bond acceptors (Lipinski definition) is 4. The molecule has 146 valence electrons. The minimum atomic E-state index is -3.53. The number of ether oxygens (including phenoxy) is 1. The van der Waals surface area contributed by atoms with Gasteiger partial charge in [0.25, 0.3) is 5.91 Å². The van der Waals surface area contributed by atoms with Gasteiger partial charge in [0.15, 0.2) is 0 Å². The van der Waals surface area contributed by atoms with Crippen LogP contribution >= 0.6 is 0 Å². The summed E-state index contributed by atoms with van der Waals surface area (Å²) in [7, 11) is -1.93. The zero-order valence-electron chi connectivity index (χ0n) is 15.5. The normalized spacial score (nSPS) is 15.7. The number of carbonyl (C=O) groups is 1. The van der Waals surface area contributed by atoms with Crippen LogP contribution in [0.5, 0.6) is 5.75 Å². The van der Waals surface area contributed by atoms with Gasteiger partial charge in [0.05, 0.1) is 12.0 Å². The molecule has 0 radical (unpaired) electrons. The maximum atomic E-state index is 12.8. The molecular formula is C20H21N3O4S. The van der Waals surface area contributed by atoms with Crippen molar-refractivity contribution in [2.75, 3.05) is 33.3 Å². The molecule has 4 rings (SSSR count). The highest BCUT2D eigenvalue weighted by atomic mass is 32.2. The summed E-state index contributed by atoms with van der Waals surface area (Å²) in [5, 5.41) is 0.925. The Kier molecular flexibility index (Phi) is 4.82. The van der Waals surface area contributed by atoms with Crippen molar-refractivity contribution in [2.45, 2.75) is 4.90 Å². The lowest BCUT2D eigenvalue weighted by Crippen LogP contribution is -2.50. The lowest BCUT2D eigenvalue weighted by atomic mass is 10.2. The Morgan fingerprint density at radius 1 is 1.00 bits per heavy atom. The molecule has 1 aliphatic heterocycles. The SMILES string of the molecule is COc1ccc2cc(C(=O)N3CCN(S(=O)(=O)c4ccccc4)CC3)[nH]c2c1. The molecule has 2 aromatic carbocycles. The first kappa shape index (κ1) is 18.5. The second-order valence-electron chi connectivity index (χ2n) is 6.65. The summed E-state index contributed by atoms with van der Waals surface area (Å²) >= 11 is 0. The van der Waals surface area contributed by atoms with Crippen LogP contribution in [0, 0.1) is 0 Å². The Morgan fingerprint density at radius 2 is 1.71 bits per heavy atom. The van der Waals surface area contributed by atoms with Crippen molar-refractivity contribution in [2.24, 2.45) is 0 Å². The van der Waals surface area contributed by atoms with E-state index in [1.165, 1.54) is 4.31 Å². The molecule has 8 heteroatoms. The fourth-order valence-corrected chi connectivity index (χ4v) is 4.84. The molecule has 1 amide bonds. The van der Waals surface area contributed by atoms with E-state index in [1.807, 2.05) is 24.3 Å². The van der Waals surface area contributed by atoms with Crippen molar-refractivity contribution in [3.63, 3.8) is 0 Å². The number of benzene rings is 2. The number of hydrogen-bond donors (Lipinski definition) is 1. The molecule has 1 fully saturated rings. The summed E-state index contributed by atoms with van der Waals surface area (Å²) in [6, 6.07) is 15.8. The van der Waals surface area contributed by atoms with Crippen LogP contribution in [0.15, 0.2) is 59.5 Å². The molecule has 1 N–H and O–H groups in total. The third-order valence-electron chi connectivity index (χ3n) is 4.97. The van der Waals surface area contributed by atoms with Crippen LogP contribution in [0.25, 0.3) is 10.9 Å². The first-order valence-electron chi connectivity index (χ1n) is 9.00. The van der Waals surface area contributed by atoms with Crippen LogP contribution in [0.3, 0.4) is 0 Å². The van der Waals surface area contributed by atoms with Crippen molar-refractivity contribution in [1.82, 2.24) is 14.2 Å². The zero-order chi connectivity index (χ0) is 19.7. The van der Waals surface area contributed by atoms with Gasteiger partial charge in [-0.2, -0.15) is 4.31 Å². The number of sulfonamides is 1. The Bertz CT molecular complexity index is 1100. The van der Waals surface area contributed by atoms with Gasteiger partial charge in [0.2, 0.25) is 10.0 Å². The van der Waals surface area contributed by atoms with Crippen LogP contribution in [0.2, 0.25) is 0 Å². The number of nitrogens with one attached hydrogen (secondary N) is 1. The number of nitrogens with zero attached hydrogens (tertiary/aromatic N) is 2. The number of rotatable bonds is 4. The third-order valence-corrected chi connectivity index (χ3v) is 6.88. The fraction of sp³-hybridized carbons (Fsp3) is 0.250. The summed E-state index contributed by atoms with van der Waals surface area (Å²) in [5.41, 5.74) is 1.32. The number of fused-ring (bicyclic) bond motifs is 1. The molecule has 0 bridgehead atoms. The average Bonchev–Trinajstić information content (AvgIpc) is 3.17. The van der Waals surface area contributed by atoms with Gasteiger partial charge in [-0.25, -0.2) is 8.42 Å². The summed E-state index contributed by atoms with van der Waals surface area (Å²) < 4.78 is 32.1. The van der Waals surface area contributed by atoms with Crippen LogP contribution in [0.1, 0.15) is 10.5 Å². The highest BCUT2D eigenvalue weighted by molar-refractivity contribution is 7.89. The van der Waals surface area contributed by atoms with Gasteiger partial charge in [0, 0.05) is 43.1 Å². The Labute approximate surface area is 163 Å². The van der Waals surface area contributed by atoms with Gasteiger partial charge in [-0.15, -0.1) is 0 Å². The van der Waals surface area contributed by atoms with E-state index in [0.29, 0.717) is 24.5 Å². The molecule has 28 heavy (non-hydrogen) atoms. The molecule has 1 saturated heterocycles. The van der Waals surface area contributed by atoms with Crippen LogP contribution < -0.4 is 4.74 Å². The fourth-order valence-electron chi connectivity index (χ4n) is 3.39. The zero-order valence-corrected chi connectivity index (χ0v) is 16.3. The van der Waals surface area contributed by atoms with Gasteiger partial charge in [-0.05, 0) is 30.3 Å². The lowest BCUT2D eigenvalue weighted by molar-refractivity contribution is 0.0693. The summed E-state index contributed by atoms with van der Waals surface area (Å²) in [6.07, 6.45) is 0. The van der Waals surface area contributed by atoms with Crippen molar-refractivity contribution < 1.29 is 17.9 Å². The van der Waals surface area contributed by atoms with Crippen LogP contribution in [-0.2, 0) is 10.0 Å². The molecule has 1 aliphatic rings. The number of amides is 1. The van der Waals surface area contributed by atoms with Gasteiger partial charge in [0.1, 0.15) is 11.4 Å². The Morgan fingerprint density at radius 3 is 2.39 bits per heavy atom. The van der Waals surface area contributed by atoms with Gasteiger partial charge in [-0.1, -0.05) is 18.2 Å². The van der Waals surface area contributed by atoms with Gasteiger partial charge < -0.3 is 14.6 Å². The number of H-pyrrole nitrogens is 1. The first-order chi connectivity index (χ1) is 13.5. The highest BCUT2D eigenvalue weighted by Gasteiger charge is 2.30. The van der Waals surface area contributed by atoms with Crippen LogP contribution in [0.4, 0.5) is 0 Å². The molecular weight excluding hydrogens is 378 g/mol. The monoisotopic (exact) mass is 399 g/mol. The molecule has 2 heterocycles. The lowest BCUT2D eigenvalue weighted by Gasteiger charge is -2.33.